The summed E-state index contributed by atoms with van der Waals surface area (Å²) in [6, 6.07) is 7.80. The third kappa shape index (κ3) is 1.66. The third-order valence-corrected chi connectivity index (χ3v) is 3.55. The van der Waals surface area contributed by atoms with Gasteiger partial charge in [0, 0.05) is 7.05 Å². The van der Waals surface area contributed by atoms with Crippen molar-refractivity contribution in [2.75, 3.05) is 0 Å². The predicted molar refractivity (Wildman–Crippen MR) is 78.3 cm³/mol. The molecule has 2 aromatic heterocycles. The van der Waals surface area contributed by atoms with E-state index in [0.717, 1.165) is 16.9 Å². The lowest BCUT2D eigenvalue weighted by Crippen LogP contribution is -2.24. The second-order valence-corrected chi connectivity index (χ2v) is 4.99. The number of para-hydroxylation sites is 1. The van der Waals surface area contributed by atoms with Crippen LogP contribution in [0.25, 0.3) is 16.7 Å². The molecule has 0 spiro atoms. The van der Waals surface area contributed by atoms with Gasteiger partial charge in [0.15, 0.2) is 5.52 Å². The molecular formula is C15H16N4O. The van der Waals surface area contributed by atoms with Gasteiger partial charge in [-0.1, -0.05) is 18.2 Å². The van der Waals surface area contributed by atoms with E-state index < -0.39 is 0 Å². The van der Waals surface area contributed by atoms with Gasteiger partial charge < -0.3 is 0 Å². The van der Waals surface area contributed by atoms with E-state index >= 15 is 0 Å². The van der Waals surface area contributed by atoms with E-state index in [4.69, 9.17) is 0 Å². The number of fused-ring (bicyclic) bond motifs is 1. The van der Waals surface area contributed by atoms with Crippen LogP contribution in [0.15, 0.2) is 29.1 Å². The maximum atomic E-state index is 12.8. The first kappa shape index (κ1) is 12.6. The summed E-state index contributed by atoms with van der Waals surface area (Å²) in [5, 5.41) is 4.29. The van der Waals surface area contributed by atoms with Crippen molar-refractivity contribution in [1.29, 1.82) is 0 Å². The van der Waals surface area contributed by atoms with Gasteiger partial charge in [-0.2, -0.15) is 5.10 Å². The van der Waals surface area contributed by atoms with E-state index in [1.165, 1.54) is 0 Å². The lowest BCUT2D eigenvalue weighted by molar-refractivity contribution is 0.772. The van der Waals surface area contributed by atoms with Crippen LogP contribution in [-0.4, -0.2) is 19.3 Å². The molecule has 0 aliphatic rings. The van der Waals surface area contributed by atoms with Crippen molar-refractivity contribution in [1.82, 2.24) is 19.3 Å². The Bertz CT molecular complexity index is 873. The molecule has 0 N–H and O–H groups in total. The molecule has 0 aliphatic heterocycles. The summed E-state index contributed by atoms with van der Waals surface area (Å²) in [6.45, 7) is 5.70. The van der Waals surface area contributed by atoms with E-state index in [9.17, 15) is 4.79 Å². The molecule has 0 amide bonds. The molecule has 0 saturated heterocycles. The Morgan fingerprint density at radius 1 is 1.10 bits per heavy atom. The summed E-state index contributed by atoms with van der Waals surface area (Å²) in [6.07, 6.45) is 0. The van der Waals surface area contributed by atoms with Crippen LogP contribution in [0.5, 0.6) is 0 Å². The van der Waals surface area contributed by atoms with E-state index in [2.05, 4.69) is 10.1 Å². The molecule has 0 aliphatic carbocycles. The number of hydrogen-bond donors (Lipinski definition) is 0. The van der Waals surface area contributed by atoms with E-state index in [-0.39, 0.29) is 5.56 Å². The molecule has 1 aromatic carbocycles. The van der Waals surface area contributed by atoms with Crippen molar-refractivity contribution in [2.24, 2.45) is 7.05 Å². The molecule has 2 heterocycles. The number of aryl methyl sites for hydroxylation is 4. The van der Waals surface area contributed by atoms with Gasteiger partial charge >= 0.3 is 0 Å². The summed E-state index contributed by atoms with van der Waals surface area (Å²) in [5.41, 5.74) is 3.82. The molecule has 5 heteroatoms. The van der Waals surface area contributed by atoms with Gasteiger partial charge in [0.25, 0.3) is 5.56 Å². The standard InChI is InChI=1S/C15H16N4O/c1-9-7-5-6-8-12(9)19-11(3)16-13-10(2)17-18(4)14(13)15(19)20/h5-8H,1-4H3. The van der Waals surface area contributed by atoms with Crippen LogP contribution in [-0.2, 0) is 7.05 Å². The quantitative estimate of drug-likeness (QED) is 0.678. The highest BCUT2D eigenvalue weighted by atomic mass is 16.1. The maximum absolute atomic E-state index is 12.8. The van der Waals surface area contributed by atoms with Gasteiger partial charge in [0.05, 0.1) is 11.4 Å². The monoisotopic (exact) mass is 268 g/mol. The zero-order valence-corrected chi connectivity index (χ0v) is 12.0. The molecule has 20 heavy (non-hydrogen) atoms. The summed E-state index contributed by atoms with van der Waals surface area (Å²) in [7, 11) is 1.77. The Labute approximate surface area is 116 Å². The van der Waals surface area contributed by atoms with Crippen LogP contribution in [0.4, 0.5) is 0 Å². The summed E-state index contributed by atoms with van der Waals surface area (Å²) < 4.78 is 3.26. The van der Waals surface area contributed by atoms with Crippen molar-refractivity contribution in [2.45, 2.75) is 20.8 Å². The highest BCUT2D eigenvalue weighted by Gasteiger charge is 2.16. The van der Waals surface area contributed by atoms with Crippen molar-refractivity contribution in [3.8, 4) is 5.69 Å². The SMILES string of the molecule is Cc1ccccc1-n1c(C)nc2c(C)nn(C)c2c1=O. The number of nitrogens with zero attached hydrogens (tertiary/aromatic N) is 4. The lowest BCUT2D eigenvalue weighted by atomic mass is 10.2. The Hall–Kier alpha value is -2.43. The van der Waals surface area contributed by atoms with Crippen molar-refractivity contribution in [3.05, 3.63) is 51.7 Å². The highest BCUT2D eigenvalue weighted by Crippen LogP contribution is 2.17. The number of hydrogen-bond acceptors (Lipinski definition) is 3. The van der Waals surface area contributed by atoms with Crippen LogP contribution in [0.1, 0.15) is 17.1 Å². The second kappa shape index (κ2) is 4.30. The minimum Gasteiger partial charge on any atom is -0.266 e. The van der Waals surface area contributed by atoms with Crippen LogP contribution < -0.4 is 5.56 Å². The summed E-state index contributed by atoms with van der Waals surface area (Å²) in [4.78, 5) is 17.4. The fourth-order valence-corrected chi connectivity index (χ4v) is 2.58. The van der Waals surface area contributed by atoms with Gasteiger partial charge in [-0.25, -0.2) is 4.98 Å². The molecule has 0 saturated carbocycles. The highest BCUT2D eigenvalue weighted by molar-refractivity contribution is 5.76. The molecule has 0 radical (unpaired) electrons. The van der Waals surface area contributed by atoms with Gasteiger partial charge in [0.2, 0.25) is 0 Å². The molecule has 0 unspecified atom stereocenters. The van der Waals surface area contributed by atoms with Crippen molar-refractivity contribution < 1.29 is 0 Å². The van der Waals surface area contributed by atoms with Gasteiger partial charge in [-0.15, -0.1) is 0 Å². The van der Waals surface area contributed by atoms with E-state index in [0.29, 0.717) is 16.9 Å². The van der Waals surface area contributed by atoms with Gasteiger partial charge in [0.1, 0.15) is 11.3 Å². The van der Waals surface area contributed by atoms with Crippen molar-refractivity contribution >= 4 is 11.0 Å². The zero-order chi connectivity index (χ0) is 14.4. The minimum atomic E-state index is -0.0788. The van der Waals surface area contributed by atoms with E-state index in [1.807, 2.05) is 45.0 Å². The predicted octanol–water partition coefficient (Wildman–Crippen LogP) is 2.04. The van der Waals surface area contributed by atoms with Gasteiger partial charge in [-0.3, -0.25) is 14.0 Å². The first-order chi connectivity index (χ1) is 9.50. The van der Waals surface area contributed by atoms with Crippen LogP contribution in [0.3, 0.4) is 0 Å². The molecule has 3 rings (SSSR count). The summed E-state index contributed by atoms with van der Waals surface area (Å²) >= 11 is 0. The second-order valence-electron chi connectivity index (χ2n) is 4.99. The maximum Gasteiger partial charge on any atom is 0.284 e. The molecule has 0 fully saturated rings. The number of aromatic nitrogens is 4. The first-order valence-electron chi connectivity index (χ1n) is 6.49. The number of rotatable bonds is 1. The molecule has 3 aromatic rings. The van der Waals surface area contributed by atoms with Crippen LogP contribution >= 0.6 is 0 Å². The first-order valence-corrected chi connectivity index (χ1v) is 6.49. The number of benzene rings is 1. The molecule has 0 atom stereocenters. The minimum absolute atomic E-state index is 0.0788. The summed E-state index contributed by atoms with van der Waals surface area (Å²) in [5.74, 6) is 0.674. The third-order valence-electron chi connectivity index (χ3n) is 3.55. The Morgan fingerprint density at radius 3 is 2.50 bits per heavy atom. The van der Waals surface area contributed by atoms with Crippen LogP contribution in [0.2, 0.25) is 0 Å². The fourth-order valence-electron chi connectivity index (χ4n) is 2.58. The topological polar surface area (TPSA) is 52.7 Å². The molecule has 0 bridgehead atoms. The van der Waals surface area contributed by atoms with Crippen LogP contribution in [0, 0.1) is 20.8 Å². The molecule has 5 nitrogen and oxygen atoms in total. The van der Waals surface area contributed by atoms with Gasteiger partial charge in [-0.05, 0) is 32.4 Å². The smallest absolute Gasteiger partial charge is 0.266 e. The largest absolute Gasteiger partial charge is 0.284 e. The van der Waals surface area contributed by atoms with Crippen molar-refractivity contribution in [3.63, 3.8) is 0 Å². The average Bonchev–Trinajstić information content (AvgIpc) is 2.67. The normalized spacial score (nSPS) is 11.2. The molecule has 102 valence electrons. The fraction of sp³-hybridized carbons (Fsp3) is 0.267. The average molecular weight is 268 g/mol. The Morgan fingerprint density at radius 2 is 1.80 bits per heavy atom. The molecular weight excluding hydrogens is 252 g/mol. The Balaban J connectivity index is 2.47. The lowest BCUT2D eigenvalue weighted by Gasteiger charge is -2.12. The van der Waals surface area contributed by atoms with E-state index in [1.54, 1.807) is 16.3 Å². The zero-order valence-electron chi connectivity index (χ0n) is 12.0. The Kier molecular flexibility index (Phi) is 2.71.